The molecule has 0 spiro atoms. The number of hydrogen-bond acceptors (Lipinski definition) is 4. The summed E-state index contributed by atoms with van der Waals surface area (Å²) in [5.74, 6) is 0.661. The molecule has 0 bridgehead atoms. The highest BCUT2D eigenvalue weighted by Gasteiger charge is 2.41. The molecular formula is C14H19NO4. The average molecular weight is 265 g/mol. The Labute approximate surface area is 112 Å². The number of hydrogen-bond donors (Lipinski definition) is 1. The number of rotatable bonds is 7. The molecule has 1 aliphatic rings. The van der Waals surface area contributed by atoms with Crippen LogP contribution in [0, 0.1) is 0 Å². The molecule has 0 aromatic heterocycles. The zero-order valence-corrected chi connectivity index (χ0v) is 11.2. The standard InChI is InChI=1S/C14H19NO4/c1-3-17-10(2)19-13-12(15-14(13)16)9-18-11-7-5-4-6-8-11/h4-8,10,12-13H,3,9H2,1-2H3,(H,15,16)/t10?,12-,13+/m0/s1. The van der Waals surface area contributed by atoms with E-state index in [2.05, 4.69) is 5.32 Å². The fraction of sp³-hybridized carbons (Fsp3) is 0.500. The Kier molecular flexibility index (Phi) is 4.76. The van der Waals surface area contributed by atoms with Crippen molar-refractivity contribution in [2.24, 2.45) is 0 Å². The molecule has 1 heterocycles. The number of ether oxygens (including phenoxy) is 3. The van der Waals surface area contributed by atoms with Gasteiger partial charge in [0.1, 0.15) is 12.4 Å². The average Bonchev–Trinajstić information content (AvgIpc) is 2.42. The maximum atomic E-state index is 11.4. The van der Waals surface area contributed by atoms with E-state index in [1.54, 1.807) is 6.92 Å². The lowest BCUT2D eigenvalue weighted by Gasteiger charge is -2.37. The molecule has 5 nitrogen and oxygen atoms in total. The zero-order valence-electron chi connectivity index (χ0n) is 11.2. The first kappa shape index (κ1) is 13.8. The van der Waals surface area contributed by atoms with E-state index in [1.165, 1.54) is 0 Å². The summed E-state index contributed by atoms with van der Waals surface area (Å²) in [6, 6.07) is 9.35. The van der Waals surface area contributed by atoms with E-state index >= 15 is 0 Å². The van der Waals surface area contributed by atoms with Crippen molar-refractivity contribution < 1.29 is 19.0 Å². The summed E-state index contributed by atoms with van der Waals surface area (Å²) in [7, 11) is 0. The van der Waals surface area contributed by atoms with Crippen LogP contribution >= 0.6 is 0 Å². The van der Waals surface area contributed by atoms with Crippen molar-refractivity contribution in [3.05, 3.63) is 30.3 Å². The zero-order chi connectivity index (χ0) is 13.7. The van der Waals surface area contributed by atoms with Gasteiger partial charge in [-0.25, -0.2) is 0 Å². The van der Waals surface area contributed by atoms with Gasteiger partial charge >= 0.3 is 0 Å². The third-order valence-corrected chi connectivity index (χ3v) is 2.86. The Balaban J connectivity index is 1.79. The van der Waals surface area contributed by atoms with Gasteiger partial charge in [-0.05, 0) is 26.0 Å². The fourth-order valence-electron chi connectivity index (χ4n) is 1.90. The van der Waals surface area contributed by atoms with E-state index in [0.29, 0.717) is 13.2 Å². The van der Waals surface area contributed by atoms with E-state index in [-0.39, 0.29) is 18.2 Å². The van der Waals surface area contributed by atoms with E-state index < -0.39 is 6.10 Å². The predicted octanol–water partition coefficient (Wildman–Crippen LogP) is 1.33. The van der Waals surface area contributed by atoms with Crippen molar-refractivity contribution in [3.63, 3.8) is 0 Å². The summed E-state index contributed by atoms with van der Waals surface area (Å²) in [5.41, 5.74) is 0. The maximum Gasteiger partial charge on any atom is 0.251 e. The normalized spacial score (nSPS) is 23.4. The van der Waals surface area contributed by atoms with Crippen molar-refractivity contribution in [1.82, 2.24) is 5.32 Å². The minimum Gasteiger partial charge on any atom is -0.491 e. The van der Waals surface area contributed by atoms with Crippen molar-refractivity contribution in [3.8, 4) is 5.75 Å². The van der Waals surface area contributed by atoms with Crippen molar-refractivity contribution in [2.45, 2.75) is 32.3 Å². The molecule has 0 aliphatic carbocycles. The van der Waals surface area contributed by atoms with E-state index in [1.807, 2.05) is 37.3 Å². The Morgan fingerprint density at radius 1 is 1.32 bits per heavy atom. The Hall–Kier alpha value is -1.59. The van der Waals surface area contributed by atoms with E-state index in [4.69, 9.17) is 14.2 Å². The van der Waals surface area contributed by atoms with Crippen LogP contribution in [-0.2, 0) is 14.3 Å². The first-order valence-corrected chi connectivity index (χ1v) is 6.46. The maximum absolute atomic E-state index is 11.4. The Bertz CT molecular complexity index is 409. The largest absolute Gasteiger partial charge is 0.491 e. The number of para-hydroxylation sites is 1. The van der Waals surface area contributed by atoms with Crippen LogP contribution in [0.1, 0.15) is 13.8 Å². The molecule has 1 unspecified atom stereocenters. The van der Waals surface area contributed by atoms with Crippen LogP contribution in [0.4, 0.5) is 0 Å². The van der Waals surface area contributed by atoms with Crippen molar-refractivity contribution in [1.29, 1.82) is 0 Å². The summed E-state index contributed by atoms with van der Waals surface area (Å²) in [4.78, 5) is 11.4. The quantitative estimate of drug-likeness (QED) is 0.597. The molecule has 5 heteroatoms. The lowest BCUT2D eigenvalue weighted by atomic mass is 10.0. The Morgan fingerprint density at radius 2 is 2.05 bits per heavy atom. The lowest BCUT2D eigenvalue weighted by Crippen LogP contribution is -2.66. The topological polar surface area (TPSA) is 56.8 Å². The second-order valence-corrected chi connectivity index (χ2v) is 4.32. The monoisotopic (exact) mass is 265 g/mol. The minimum absolute atomic E-state index is 0.117. The predicted molar refractivity (Wildman–Crippen MR) is 69.8 cm³/mol. The lowest BCUT2D eigenvalue weighted by molar-refractivity contribution is -0.193. The highest BCUT2D eigenvalue weighted by atomic mass is 16.7. The van der Waals surface area contributed by atoms with Crippen molar-refractivity contribution in [2.75, 3.05) is 13.2 Å². The number of amides is 1. The highest BCUT2D eigenvalue weighted by molar-refractivity contribution is 5.88. The second-order valence-electron chi connectivity index (χ2n) is 4.32. The first-order chi connectivity index (χ1) is 9.20. The van der Waals surface area contributed by atoms with Gasteiger partial charge < -0.3 is 19.5 Å². The van der Waals surface area contributed by atoms with Crippen LogP contribution in [0.25, 0.3) is 0 Å². The molecule has 1 N–H and O–H groups in total. The minimum atomic E-state index is -0.495. The molecule has 0 saturated carbocycles. The number of benzene rings is 1. The number of β-lactam (4-membered cyclic amide) rings is 1. The van der Waals surface area contributed by atoms with Crippen LogP contribution in [0.5, 0.6) is 5.75 Å². The van der Waals surface area contributed by atoms with Gasteiger partial charge in [0.05, 0.1) is 6.04 Å². The molecule has 1 aromatic rings. The molecule has 1 aliphatic heterocycles. The van der Waals surface area contributed by atoms with E-state index in [9.17, 15) is 4.79 Å². The molecule has 19 heavy (non-hydrogen) atoms. The van der Waals surface area contributed by atoms with Gasteiger partial charge in [-0.1, -0.05) is 18.2 Å². The third-order valence-electron chi connectivity index (χ3n) is 2.86. The summed E-state index contributed by atoms with van der Waals surface area (Å²) >= 11 is 0. The van der Waals surface area contributed by atoms with Crippen LogP contribution < -0.4 is 10.1 Å². The van der Waals surface area contributed by atoms with Crippen LogP contribution in [-0.4, -0.2) is 37.6 Å². The third kappa shape index (κ3) is 3.68. The van der Waals surface area contributed by atoms with Gasteiger partial charge in [0, 0.05) is 6.61 Å². The molecule has 1 saturated heterocycles. The number of carbonyl (C=O) groups is 1. The van der Waals surface area contributed by atoms with Gasteiger partial charge in [0.15, 0.2) is 12.4 Å². The van der Waals surface area contributed by atoms with Gasteiger partial charge in [-0.2, -0.15) is 0 Å². The van der Waals surface area contributed by atoms with Crippen LogP contribution in [0.2, 0.25) is 0 Å². The summed E-state index contributed by atoms with van der Waals surface area (Å²) in [5, 5.41) is 2.77. The van der Waals surface area contributed by atoms with Gasteiger partial charge in [-0.3, -0.25) is 4.79 Å². The summed E-state index contributed by atoms with van der Waals surface area (Å²) < 4.78 is 16.4. The van der Waals surface area contributed by atoms with Gasteiger partial charge in [-0.15, -0.1) is 0 Å². The van der Waals surface area contributed by atoms with Gasteiger partial charge in [0.2, 0.25) is 0 Å². The van der Waals surface area contributed by atoms with Crippen LogP contribution in [0.3, 0.4) is 0 Å². The van der Waals surface area contributed by atoms with Crippen molar-refractivity contribution >= 4 is 5.91 Å². The second kappa shape index (κ2) is 6.54. The molecular weight excluding hydrogens is 246 g/mol. The molecule has 104 valence electrons. The summed E-state index contributed by atoms with van der Waals surface area (Å²) in [6.07, 6.45) is -0.884. The molecule has 3 atom stereocenters. The number of carbonyl (C=O) groups excluding carboxylic acids is 1. The smallest absolute Gasteiger partial charge is 0.251 e. The van der Waals surface area contributed by atoms with Crippen LogP contribution in [0.15, 0.2) is 30.3 Å². The fourth-order valence-corrected chi connectivity index (χ4v) is 1.90. The molecule has 1 amide bonds. The molecule has 2 rings (SSSR count). The molecule has 0 radical (unpaired) electrons. The van der Waals surface area contributed by atoms with Gasteiger partial charge in [0.25, 0.3) is 5.91 Å². The Morgan fingerprint density at radius 3 is 2.68 bits per heavy atom. The molecule has 1 aromatic carbocycles. The molecule has 1 fully saturated rings. The SMILES string of the molecule is CCOC(C)O[C@H]1C(=O)N[C@H]1COc1ccccc1. The van der Waals surface area contributed by atoms with E-state index in [0.717, 1.165) is 5.75 Å². The first-order valence-electron chi connectivity index (χ1n) is 6.46. The summed E-state index contributed by atoms with van der Waals surface area (Å²) in [6.45, 7) is 4.61. The number of nitrogens with one attached hydrogen (secondary N) is 1. The highest BCUT2D eigenvalue weighted by Crippen LogP contribution is 2.16.